The van der Waals surface area contributed by atoms with Gasteiger partial charge in [-0.1, -0.05) is 35.9 Å². The Bertz CT molecular complexity index is 1010. The number of urea groups is 1. The Labute approximate surface area is 161 Å². The molecule has 1 aliphatic carbocycles. The van der Waals surface area contributed by atoms with E-state index in [-0.39, 0.29) is 28.4 Å². The first-order valence-electron chi connectivity index (χ1n) is 8.63. The molecule has 1 atom stereocenters. The summed E-state index contributed by atoms with van der Waals surface area (Å²) in [6, 6.07) is 6.48. The van der Waals surface area contributed by atoms with E-state index in [0.717, 1.165) is 10.9 Å². The third-order valence-electron chi connectivity index (χ3n) is 4.43. The van der Waals surface area contributed by atoms with Gasteiger partial charge in [0.1, 0.15) is 0 Å². The van der Waals surface area contributed by atoms with Gasteiger partial charge in [0, 0.05) is 24.2 Å². The first kappa shape index (κ1) is 18.9. The molecule has 2 amide bonds. The molecule has 0 radical (unpaired) electrons. The Morgan fingerprint density at radius 1 is 1.26 bits per heavy atom. The fourth-order valence-electron chi connectivity index (χ4n) is 2.95. The summed E-state index contributed by atoms with van der Waals surface area (Å²) >= 11 is 5.86. The highest BCUT2D eigenvalue weighted by Gasteiger charge is 2.22. The average molecular weight is 386 g/mol. The number of carbonyl (C=O) groups excluding carboxylic acids is 2. The lowest BCUT2D eigenvalue weighted by molar-refractivity contribution is -0.110. The molecule has 2 N–H and O–H groups in total. The van der Waals surface area contributed by atoms with E-state index in [4.69, 9.17) is 11.6 Å². The summed E-state index contributed by atoms with van der Waals surface area (Å²) in [4.78, 5) is 40.6. The van der Waals surface area contributed by atoms with Gasteiger partial charge in [-0.25, -0.2) is 4.79 Å². The van der Waals surface area contributed by atoms with E-state index < -0.39 is 6.04 Å². The second kappa shape index (κ2) is 7.80. The lowest BCUT2D eigenvalue weighted by Gasteiger charge is -2.29. The number of amides is 2. The number of aromatic nitrogens is 1. The van der Waals surface area contributed by atoms with Gasteiger partial charge in [-0.15, -0.1) is 0 Å². The number of hydrogen-bond donors (Lipinski definition) is 2. The number of allylic oxidation sites excluding steroid dienone is 2. The van der Waals surface area contributed by atoms with Gasteiger partial charge in [-0.3, -0.25) is 9.59 Å². The van der Waals surface area contributed by atoms with Crippen LogP contribution in [0.1, 0.15) is 19.4 Å². The summed E-state index contributed by atoms with van der Waals surface area (Å²) in [6.07, 6.45) is 6.10. The monoisotopic (exact) mass is 385 g/mol. The molecule has 0 saturated heterocycles. The second-order valence-corrected chi connectivity index (χ2v) is 7.03. The smallest absolute Gasteiger partial charge is 0.318 e. The lowest BCUT2D eigenvalue weighted by Crippen LogP contribution is -2.46. The number of nitrogens with one attached hydrogen (secondary N) is 2. The molecule has 27 heavy (non-hydrogen) atoms. The molecule has 1 aliphatic rings. The minimum Gasteiger partial charge on any atom is -0.328 e. The van der Waals surface area contributed by atoms with E-state index in [1.54, 1.807) is 29.3 Å². The summed E-state index contributed by atoms with van der Waals surface area (Å²) in [6.45, 7) is 4.15. The maximum atomic E-state index is 12.8. The predicted octanol–water partition coefficient (Wildman–Crippen LogP) is 3.08. The predicted molar refractivity (Wildman–Crippen MR) is 106 cm³/mol. The Balaban J connectivity index is 1.84. The molecule has 0 aliphatic heterocycles. The number of halogens is 1. The molecule has 6 nitrogen and oxygen atoms in total. The van der Waals surface area contributed by atoms with Gasteiger partial charge in [-0.2, -0.15) is 0 Å². The van der Waals surface area contributed by atoms with Crippen LogP contribution in [0.25, 0.3) is 10.8 Å². The molecule has 0 saturated carbocycles. The first-order valence-corrected chi connectivity index (χ1v) is 9.01. The lowest BCUT2D eigenvalue weighted by atomic mass is 10.1. The van der Waals surface area contributed by atoms with E-state index in [9.17, 15) is 14.4 Å². The van der Waals surface area contributed by atoms with Crippen molar-refractivity contribution in [2.24, 2.45) is 0 Å². The van der Waals surface area contributed by atoms with Crippen molar-refractivity contribution in [2.75, 3.05) is 0 Å². The molecule has 2 aromatic rings. The summed E-state index contributed by atoms with van der Waals surface area (Å²) < 4.78 is 0. The molecular weight excluding hydrogens is 366 g/mol. The molecule has 7 heteroatoms. The minimum absolute atomic E-state index is 0.0793. The van der Waals surface area contributed by atoms with Crippen LogP contribution in [0, 0.1) is 0 Å². The number of benzene rings is 1. The normalized spacial score (nSPS) is 16.5. The molecule has 140 valence electrons. The van der Waals surface area contributed by atoms with Crippen molar-refractivity contribution in [2.45, 2.75) is 32.5 Å². The van der Waals surface area contributed by atoms with Crippen LogP contribution in [0.5, 0.6) is 0 Å². The zero-order valence-electron chi connectivity index (χ0n) is 15.0. The van der Waals surface area contributed by atoms with Crippen molar-refractivity contribution in [3.05, 3.63) is 69.6 Å². The topological polar surface area (TPSA) is 82.3 Å². The van der Waals surface area contributed by atoms with E-state index >= 15 is 0 Å². The van der Waals surface area contributed by atoms with Crippen molar-refractivity contribution in [3.8, 4) is 0 Å². The summed E-state index contributed by atoms with van der Waals surface area (Å²) in [5.74, 6) is -0.275. The number of hydrogen-bond acceptors (Lipinski definition) is 3. The molecule has 0 spiro atoms. The average Bonchev–Trinajstić information content (AvgIpc) is 2.64. The number of carbonyl (C=O) groups is 2. The fraction of sp³-hybridized carbons (Fsp3) is 0.250. The number of nitrogens with zero attached hydrogens (tertiary/aromatic N) is 1. The summed E-state index contributed by atoms with van der Waals surface area (Å²) in [7, 11) is 0. The van der Waals surface area contributed by atoms with Crippen LogP contribution in [0.2, 0.25) is 0 Å². The molecule has 0 unspecified atom stereocenters. The van der Waals surface area contributed by atoms with Crippen LogP contribution >= 0.6 is 11.6 Å². The van der Waals surface area contributed by atoms with Gasteiger partial charge in [0.05, 0.1) is 11.1 Å². The quantitative estimate of drug-likeness (QED) is 0.848. The molecular formula is C20H20ClN3O3. The van der Waals surface area contributed by atoms with Crippen LogP contribution < -0.4 is 10.9 Å². The highest BCUT2D eigenvalue weighted by molar-refractivity contribution is 6.44. The Morgan fingerprint density at radius 2 is 1.96 bits per heavy atom. The molecule has 1 aromatic heterocycles. The number of ketones is 1. The fourth-order valence-corrected chi connectivity index (χ4v) is 3.15. The van der Waals surface area contributed by atoms with Crippen molar-refractivity contribution >= 4 is 34.2 Å². The van der Waals surface area contributed by atoms with Crippen LogP contribution in [0.15, 0.2) is 58.5 Å². The van der Waals surface area contributed by atoms with Gasteiger partial charge in [0.2, 0.25) is 0 Å². The minimum atomic E-state index is -0.448. The Hall–Kier alpha value is -2.86. The molecule has 0 fully saturated rings. The maximum Gasteiger partial charge on any atom is 0.318 e. The number of H-pyrrole nitrogens is 1. The standard InChI is InChI=1S/C20H20ClN3O3/c1-12(2)24(20(27)23-14-7-8-18(25)17(21)9-14)11-13-10-22-19(26)16-6-4-3-5-15(13)16/h3-10,12,14H,11H2,1-2H3,(H,22,26)(H,23,27)/t14-/m1/s1. The van der Waals surface area contributed by atoms with Gasteiger partial charge in [-0.05, 0) is 43.0 Å². The van der Waals surface area contributed by atoms with Crippen molar-refractivity contribution < 1.29 is 9.59 Å². The van der Waals surface area contributed by atoms with E-state index in [0.29, 0.717) is 11.9 Å². The number of rotatable bonds is 4. The van der Waals surface area contributed by atoms with Crippen molar-refractivity contribution in [1.29, 1.82) is 0 Å². The van der Waals surface area contributed by atoms with Gasteiger partial charge in [0.15, 0.2) is 5.78 Å². The van der Waals surface area contributed by atoms with Crippen LogP contribution in [-0.2, 0) is 11.3 Å². The SMILES string of the molecule is CC(C)N(Cc1c[nH]c(=O)c2ccccc12)C(=O)N[C@@H]1C=CC(=O)C(Cl)=C1. The number of pyridine rings is 1. The third-order valence-corrected chi connectivity index (χ3v) is 4.74. The Kier molecular flexibility index (Phi) is 5.46. The van der Waals surface area contributed by atoms with Crippen LogP contribution in [0.4, 0.5) is 4.79 Å². The zero-order valence-corrected chi connectivity index (χ0v) is 15.8. The molecule has 3 rings (SSSR count). The van der Waals surface area contributed by atoms with Crippen LogP contribution in [0.3, 0.4) is 0 Å². The van der Waals surface area contributed by atoms with Gasteiger partial charge >= 0.3 is 6.03 Å². The Morgan fingerprint density at radius 3 is 2.63 bits per heavy atom. The van der Waals surface area contributed by atoms with Gasteiger partial charge in [0.25, 0.3) is 5.56 Å². The summed E-state index contributed by atoms with van der Waals surface area (Å²) in [5.41, 5.74) is 0.684. The zero-order chi connectivity index (χ0) is 19.6. The molecule has 1 aromatic carbocycles. The number of fused-ring (bicyclic) bond motifs is 1. The van der Waals surface area contributed by atoms with E-state index in [1.165, 1.54) is 12.2 Å². The molecule has 1 heterocycles. The van der Waals surface area contributed by atoms with Gasteiger partial charge < -0.3 is 15.2 Å². The third kappa shape index (κ3) is 4.11. The largest absolute Gasteiger partial charge is 0.328 e. The first-order chi connectivity index (χ1) is 12.9. The van der Waals surface area contributed by atoms with Crippen LogP contribution in [-0.4, -0.2) is 33.8 Å². The van der Waals surface area contributed by atoms with E-state index in [1.807, 2.05) is 26.0 Å². The molecule has 0 bridgehead atoms. The summed E-state index contributed by atoms with van der Waals surface area (Å²) in [5, 5.41) is 4.33. The highest BCUT2D eigenvalue weighted by Crippen LogP contribution is 2.18. The highest BCUT2D eigenvalue weighted by atomic mass is 35.5. The second-order valence-electron chi connectivity index (χ2n) is 6.62. The van der Waals surface area contributed by atoms with E-state index in [2.05, 4.69) is 10.3 Å². The number of aromatic amines is 1. The van der Waals surface area contributed by atoms with Crippen molar-refractivity contribution in [3.63, 3.8) is 0 Å². The maximum absolute atomic E-state index is 12.8. The van der Waals surface area contributed by atoms with Crippen molar-refractivity contribution in [1.82, 2.24) is 15.2 Å².